The number of hydrogen-bond acceptors (Lipinski definition) is 2. The van der Waals surface area contributed by atoms with Crippen molar-refractivity contribution in [2.45, 2.75) is 37.5 Å². The largest absolute Gasteiger partial charge is 0.330 e. The lowest BCUT2D eigenvalue weighted by Crippen LogP contribution is -2.37. The maximum absolute atomic E-state index is 13.5. The number of nitrogens with two attached hydrogens (primary N) is 1. The van der Waals surface area contributed by atoms with Gasteiger partial charge in [-0.15, -0.1) is 11.3 Å². The van der Waals surface area contributed by atoms with Crippen molar-refractivity contribution in [2.75, 3.05) is 6.54 Å². The summed E-state index contributed by atoms with van der Waals surface area (Å²) in [6, 6.07) is 1.91. The molecule has 0 amide bonds. The number of hydrogen-bond donors (Lipinski definition) is 1. The van der Waals surface area contributed by atoms with Crippen LogP contribution in [0.5, 0.6) is 0 Å². The highest BCUT2D eigenvalue weighted by molar-refractivity contribution is 7.08. The topological polar surface area (TPSA) is 26.0 Å². The van der Waals surface area contributed by atoms with Gasteiger partial charge in [0.2, 0.25) is 0 Å². The maximum atomic E-state index is 13.5. The van der Waals surface area contributed by atoms with Crippen LogP contribution in [-0.2, 0) is 5.41 Å². The number of halogens is 1. The van der Waals surface area contributed by atoms with Crippen LogP contribution >= 0.6 is 11.3 Å². The zero-order valence-electron chi connectivity index (χ0n) is 8.26. The molecule has 0 saturated heterocycles. The van der Waals surface area contributed by atoms with Crippen molar-refractivity contribution in [1.82, 2.24) is 0 Å². The minimum absolute atomic E-state index is 0.0302. The lowest BCUT2D eigenvalue weighted by atomic mass is 9.70. The second-order valence-corrected chi connectivity index (χ2v) is 5.02. The van der Waals surface area contributed by atoms with Crippen molar-refractivity contribution in [1.29, 1.82) is 0 Å². The van der Waals surface area contributed by atoms with Crippen molar-refractivity contribution in [3.05, 3.63) is 22.1 Å². The Labute approximate surface area is 88.1 Å². The van der Waals surface area contributed by atoms with Gasteiger partial charge in [-0.1, -0.05) is 19.3 Å². The summed E-state index contributed by atoms with van der Waals surface area (Å²) < 4.78 is 13.5. The lowest BCUT2D eigenvalue weighted by molar-refractivity contribution is 0.294. The van der Waals surface area contributed by atoms with Crippen LogP contribution < -0.4 is 5.73 Å². The first-order valence-corrected chi connectivity index (χ1v) is 6.10. The molecule has 0 unspecified atom stereocenters. The molecule has 0 atom stereocenters. The molecule has 2 N–H and O–H groups in total. The maximum Gasteiger partial charge on any atom is 0.180 e. The normalized spacial score (nSPS) is 21.0. The van der Waals surface area contributed by atoms with Gasteiger partial charge in [-0.3, -0.25) is 0 Å². The molecule has 0 aromatic carbocycles. The smallest absolute Gasteiger partial charge is 0.180 e. The molecule has 1 aliphatic carbocycles. The Kier molecular flexibility index (Phi) is 2.88. The average molecular weight is 213 g/mol. The first kappa shape index (κ1) is 10.1. The van der Waals surface area contributed by atoms with Gasteiger partial charge in [-0.05, 0) is 24.3 Å². The Hall–Kier alpha value is -0.410. The van der Waals surface area contributed by atoms with Crippen LogP contribution in [0.2, 0.25) is 0 Å². The van der Waals surface area contributed by atoms with Crippen LogP contribution in [-0.4, -0.2) is 6.54 Å². The fraction of sp³-hybridized carbons (Fsp3) is 0.636. The van der Waals surface area contributed by atoms with Crippen LogP contribution in [0.1, 0.15) is 37.7 Å². The number of thiophene rings is 1. The molecule has 1 aromatic rings. The zero-order valence-corrected chi connectivity index (χ0v) is 9.08. The Morgan fingerprint density at radius 1 is 1.36 bits per heavy atom. The van der Waals surface area contributed by atoms with Gasteiger partial charge in [0.15, 0.2) is 5.13 Å². The molecule has 1 fully saturated rings. The SMILES string of the molecule is NCC1(c2ccsc2F)CCCCC1. The van der Waals surface area contributed by atoms with Crippen molar-refractivity contribution < 1.29 is 4.39 Å². The highest BCUT2D eigenvalue weighted by Gasteiger charge is 2.35. The third-order valence-corrected chi connectivity index (χ3v) is 4.09. The molecule has 1 heterocycles. The van der Waals surface area contributed by atoms with Crippen LogP contribution in [0.25, 0.3) is 0 Å². The molecule has 1 aromatic heterocycles. The van der Waals surface area contributed by atoms with Crippen molar-refractivity contribution in [3.8, 4) is 0 Å². The van der Waals surface area contributed by atoms with E-state index in [1.165, 1.54) is 30.6 Å². The molecule has 0 aliphatic heterocycles. The summed E-state index contributed by atoms with van der Waals surface area (Å²) in [6.07, 6.45) is 5.75. The fourth-order valence-corrected chi connectivity index (χ4v) is 3.22. The molecule has 0 radical (unpaired) electrons. The van der Waals surface area contributed by atoms with E-state index in [4.69, 9.17) is 5.73 Å². The van der Waals surface area contributed by atoms with Gasteiger partial charge in [0.05, 0.1) is 0 Å². The standard InChI is InChI=1S/C11H16FNS/c12-10-9(4-7-14-10)11(8-13)5-2-1-3-6-11/h4,7H,1-3,5-6,8,13H2. The first-order valence-electron chi connectivity index (χ1n) is 5.22. The molecule has 0 spiro atoms. The van der Waals surface area contributed by atoms with Gasteiger partial charge < -0.3 is 5.73 Å². The van der Waals surface area contributed by atoms with Crippen LogP contribution in [0.3, 0.4) is 0 Å². The van der Waals surface area contributed by atoms with E-state index in [1.54, 1.807) is 0 Å². The van der Waals surface area contributed by atoms with Crippen molar-refractivity contribution >= 4 is 11.3 Å². The third kappa shape index (κ3) is 1.59. The third-order valence-electron chi connectivity index (χ3n) is 3.39. The van der Waals surface area contributed by atoms with Gasteiger partial charge in [-0.25, -0.2) is 0 Å². The summed E-state index contributed by atoms with van der Waals surface area (Å²) in [5, 5.41) is 1.80. The van der Waals surface area contributed by atoms with E-state index in [0.717, 1.165) is 18.4 Å². The monoisotopic (exact) mass is 213 g/mol. The van der Waals surface area contributed by atoms with E-state index in [2.05, 4.69) is 0 Å². The first-order chi connectivity index (χ1) is 6.78. The van der Waals surface area contributed by atoms with E-state index in [-0.39, 0.29) is 10.5 Å². The quantitative estimate of drug-likeness (QED) is 0.803. The Balaban J connectivity index is 2.31. The van der Waals surface area contributed by atoms with Crippen molar-refractivity contribution in [3.63, 3.8) is 0 Å². The highest BCUT2D eigenvalue weighted by atomic mass is 32.1. The second kappa shape index (κ2) is 3.99. The molecule has 3 heteroatoms. The summed E-state index contributed by atoms with van der Waals surface area (Å²) in [6.45, 7) is 0.584. The highest BCUT2D eigenvalue weighted by Crippen LogP contribution is 2.40. The lowest BCUT2D eigenvalue weighted by Gasteiger charge is -2.35. The Morgan fingerprint density at radius 2 is 2.07 bits per heavy atom. The molecule has 2 rings (SSSR count). The van der Waals surface area contributed by atoms with Gasteiger partial charge in [0.1, 0.15) is 0 Å². The fourth-order valence-electron chi connectivity index (χ4n) is 2.49. The zero-order chi connectivity index (χ0) is 10.0. The minimum Gasteiger partial charge on any atom is -0.330 e. The van der Waals surface area contributed by atoms with Gasteiger partial charge in [-0.2, -0.15) is 4.39 Å². The van der Waals surface area contributed by atoms with Gasteiger partial charge in [0, 0.05) is 17.5 Å². The summed E-state index contributed by atoms with van der Waals surface area (Å²) in [5.41, 5.74) is 6.65. The Morgan fingerprint density at radius 3 is 2.57 bits per heavy atom. The van der Waals surface area contributed by atoms with Crippen LogP contribution in [0, 0.1) is 5.13 Å². The molecule has 1 aliphatic rings. The summed E-state index contributed by atoms with van der Waals surface area (Å²) >= 11 is 1.19. The van der Waals surface area contributed by atoms with E-state index in [0.29, 0.717) is 6.54 Å². The van der Waals surface area contributed by atoms with E-state index < -0.39 is 0 Å². The van der Waals surface area contributed by atoms with Crippen LogP contribution in [0.15, 0.2) is 11.4 Å². The minimum atomic E-state index is -0.0532. The summed E-state index contributed by atoms with van der Waals surface area (Å²) in [5.74, 6) is 0. The number of rotatable bonds is 2. The molecule has 1 saturated carbocycles. The molecule has 1 nitrogen and oxygen atoms in total. The van der Waals surface area contributed by atoms with Crippen molar-refractivity contribution in [2.24, 2.45) is 5.73 Å². The summed E-state index contributed by atoms with van der Waals surface area (Å²) in [7, 11) is 0. The molecular formula is C11H16FNS. The Bertz CT molecular complexity index is 302. The molecule has 14 heavy (non-hydrogen) atoms. The van der Waals surface area contributed by atoms with E-state index in [9.17, 15) is 4.39 Å². The van der Waals surface area contributed by atoms with E-state index in [1.807, 2.05) is 11.4 Å². The predicted molar refractivity (Wildman–Crippen MR) is 58.1 cm³/mol. The summed E-state index contributed by atoms with van der Waals surface area (Å²) in [4.78, 5) is 0. The average Bonchev–Trinajstić information content (AvgIpc) is 2.66. The predicted octanol–water partition coefficient (Wildman–Crippen LogP) is 3.05. The van der Waals surface area contributed by atoms with Gasteiger partial charge >= 0.3 is 0 Å². The molecular weight excluding hydrogens is 197 g/mol. The van der Waals surface area contributed by atoms with Gasteiger partial charge in [0.25, 0.3) is 0 Å². The second-order valence-electron chi connectivity index (χ2n) is 4.15. The van der Waals surface area contributed by atoms with Crippen LogP contribution in [0.4, 0.5) is 4.39 Å². The van der Waals surface area contributed by atoms with E-state index >= 15 is 0 Å². The molecule has 78 valence electrons. The molecule has 0 bridgehead atoms.